The maximum Gasteiger partial charge on any atom is 0.341 e. The van der Waals surface area contributed by atoms with E-state index in [-0.39, 0.29) is 11.4 Å². The minimum Gasteiger partial charge on any atom is -0.477 e. The molecule has 0 aliphatic rings. The molecular weight excluding hydrogens is 160 g/mol. The van der Waals surface area contributed by atoms with E-state index >= 15 is 0 Å². The summed E-state index contributed by atoms with van der Waals surface area (Å²) < 4.78 is 0. The molecule has 6 nitrogen and oxygen atoms in total. The standard InChI is InChI=1S/C6H8N4O2/c1-8-6-9-2-3(5(11)12)4(7)10-6/h2H,1H3,(H,11,12)(H3,7,8,9,10). The monoisotopic (exact) mass is 168 g/mol. The van der Waals surface area contributed by atoms with Crippen molar-refractivity contribution in [1.82, 2.24) is 9.97 Å². The van der Waals surface area contributed by atoms with E-state index in [0.717, 1.165) is 6.20 Å². The Morgan fingerprint density at radius 1 is 1.75 bits per heavy atom. The van der Waals surface area contributed by atoms with E-state index in [1.807, 2.05) is 0 Å². The predicted molar refractivity (Wildman–Crippen MR) is 43.0 cm³/mol. The summed E-state index contributed by atoms with van der Waals surface area (Å²) in [5.74, 6) is -0.866. The van der Waals surface area contributed by atoms with Crippen LogP contribution in [0.15, 0.2) is 6.20 Å². The Morgan fingerprint density at radius 3 is 2.83 bits per heavy atom. The van der Waals surface area contributed by atoms with Gasteiger partial charge in [-0.15, -0.1) is 0 Å². The number of hydrogen-bond donors (Lipinski definition) is 3. The van der Waals surface area contributed by atoms with Crippen molar-refractivity contribution in [2.45, 2.75) is 0 Å². The highest BCUT2D eigenvalue weighted by Crippen LogP contribution is 2.08. The van der Waals surface area contributed by atoms with Crippen molar-refractivity contribution < 1.29 is 9.90 Å². The van der Waals surface area contributed by atoms with E-state index in [1.54, 1.807) is 7.05 Å². The Labute approximate surface area is 68.4 Å². The summed E-state index contributed by atoms with van der Waals surface area (Å²) in [7, 11) is 1.62. The topological polar surface area (TPSA) is 101 Å². The molecule has 1 rings (SSSR count). The molecule has 12 heavy (non-hydrogen) atoms. The van der Waals surface area contributed by atoms with Gasteiger partial charge in [-0.05, 0) is 0 Å². The van der Waals surface area contributed by atoms with Gasteiger partial charge in [0.05, 0.1) is 0 Å². The Hall–Kier alpha value is -1.85. The van der Waals surface area contributed by atoms with Gasteiger partial charge >= 0.3 is 5.97 Å². The lowest BCUT2D eigenvalue weighted by Crippen LogP contribution is -2.07. The SMILES string of the molecule is CNc1ncc(C(=O)O)c(N)n1. The van der Waals surface area contributed by atoms with Crippen LogP contribution in [0.1, 0.15) is 10.4 Å². The van der Waals surface area contributed by atoms with E-state index in [9.17, 15) is 4.79 Å². The molecule has 0 radical (unpaired) electrons. The highest BCUT2D eigenvalue weighted by atomic mass is 16.4. The third kappa shape index (κ3) is 1.42. The zero-order valence-electron chi connectivity index (χ0n) is 6.40. The number of nitrogen functional groups attached to an aromatic ring is 1. The number of nitrogens with two attached hydrogens (primary N) is 1. The third-order valence-electron chi connectivity index (χ3n) is 1.27. The van der Waals surface area contributed by atoms with Crippen LogP contribution in [0, 0.1) is 0 Å². The van der Waals surface area contributed by atoms with Crippen LogP contribution in [-0.2, 0) is 0 Å². The normalized spacial score (nSPS) is 9.42. The van der Waals surface area contributed by atoms with Gasteiger partial charge < -0.3 is 16.2 Å². The summed E-state index contributed by atoms with van der Waals surface area (Å²) >= 11 is 0. The molecule has 0 unspecified atom stereocenters. The van der Waals surface area contributed by atoms with Gasteiger partial charge in [0.25, 0.3) is 0 Å². The quantitative estimate of drug-likeness (QED) is 0.565. The van der Waals surface area contributed by atoms with Crippen molar-refractivity contribution in [3.8, 4) is 0 Å². The van der Waals surface area contributed by atoms with E-state index < -0.39 is 5.97 Å². The van der Waals surface area contributed by atoms with Crippen molar-refractivity contribution >= 4 is 17.7 Å². The number of anilines is 2. The number of nitrogens with one attached hydrogen (secondary N) is 1. The van der Waals surface area contributed by atoms with Gasteiger partial charge in [0.15, 0.2) is 0 Å². The van der Waals surface area contributed by atoms with Crippen LogP contribution in [0.25, 0.3) is 0 Å². The molecule has 64 valence electrons. The van der Waals surface area contributed by atoms with E-state index in [4.69, 9.17) is 10.8 Å². The van der Waals surface area contributed by atoms with Crippen LogP contribution < -0.4 is 11.1 Å². The summed E-state index contributed by atoms with van der Waals surface area (Å²) in [4.78, 5) is 17.8. The second-order valence-corrected chi connectivity index (χ2v) is 2.05. The maximum absolute atomic E-state index is 10.4. The van der Waals surface area contributed by atoms with Crippen molar-refractivity contribution in [3.05, 3.63) is 11.8 Å². The van der Waals surface area contributed by atoms with Crippen molar-refractivity contribution in [2.24, 2.45) is 0 Å². The summed E-state index contributed by atoms with van der Waals surface area (Å²) in [6, 6.07) is 0. The summed E-state index contributed by atoms with van der Waals surface area (Å²) in [6.45, 7) is 0. The van der Waals surface area contributed by atoms with Crippen LogP contribution in [0.2, 0.25) is 0 Å². The molecule has 0 spiro atoms. The molecule has 0 fully saturated rings. The molecule has 0 aromatic carbocycles. The molecule has 0 amide bonds. The van der Waals surface area contributed by atoms with Crippen LogP contribution >= 0.6 is 0 Å². The number of aromatic carboxylic acids is 1. The average Bonchev–Trinajstić information content (AvgIpc) is 2.03. The van der Waals surface area contributed by atoms with Crippen LogP contribution in [0.3, 0.4) is 0 Å². The van der Waals surface area contributed by atoms with Gasteiger partial charge in [0.2, 0.25) is 5.95 Å². The molecule has 0 saturated carbocycles. The molecule has 4 N–H and O–H groups in total. The lowest BCUT2D eigenvalue weighted by atomic mass is 10.3. The minimum absolute atomic E-state index is 0.0400. The average molecular weight is 168 g/mol. The highest BCUT2D eigenvalue weighted by Gasteiger charge is 2.09. The van der Waals surface area contributed by atoms with Crippen molar-refractivity contribution in [2.75, 3.05) is 18.1 Å². The summed E-state index contributed by atoms with van der Waals surface area (Å²) in [5.41, 5.74) is 5.24. The van der Waals surface area contributed by atoms with E-state index in [0.29, 0.717) is 5.95 Å². The van der Waals surface area contributed by atoms with Gasteiger partial charge in [-0.3, -0.25) is 0 Å². The molecule has 1 aromatic rings. The Kier molecular flexibility index (Phi) is 2.09. The molecule has 1 aromatic heterocycles. The number of carboxylic acids is 1. The first-order chi connectivity index (χ1) is 5.65. The maximum atomic E-state index is 10.4. The Morgan fingerprint density at radius 2 is 2.42 bits per heavy atom. The fourth-order valence-corrected chi connectivity index (χ4v) is 0.680. The second-order valence-electron chi connectivity index (χ2n) is 2.05. The minimum atomic E-state index is -1.13. The number of aromatic nitrogens is 2. The Balaban J connectivity index is 3.12. The first-order valence-corrected chi connectivity index (χ1v) is 3.18. The Bertz CT molecular complexity index is 312. The smallest absolute Gasteiger partial charge is 0.341 e. The fourth-order valence-electron chi connectivity index (χ4n) is 0.680. The fraction of sp³-hybridized carbons (Fsp3) is 0.167. The number of carbonyl (C=O) groups is 1. The molecular formula is C6H8N4O2. The molecule has 0 atom stereocenters. The number of rotatable bonds is 2. The molecule has 0 saturated heterocycles. The molecule has 6 heteroatoms. The van der Waals surface area contributed by atoms with E-state index in [1.165, 1.54) is 0 Å². The predicted octanol–water partition coefficient (Wildman–Crippen LogP) is -0.201. The first-order valence-electron chi connectivity index (χ1n) is 3.18. The lowest BCUT2D eigenvalue weighted by molar-refractivity contribution is 0.0697. The largest absolute Gasteiger partial charge is 0.477 e. The number of hydrogen-bond acceptors (Lipinski definition) is 5. The zero-order chi connectivity index (χ0) is 9.14. The zero-order valence-corrected chi connectivity index (χ0v) is 6.40. The molecule has 0 aliphatic heterocycles. The van der Waals surface area contributed by atoms with Gasteiger partial charge in [-0.1, -0.05) is 0 Å². The highest BCUT2D eigenvalue weighted by molar-refractivity contribution is 5.92. The third-order valence-corrected chi connectivity index (χ3v) is 1.27. The van der Waals surface area contributed by atoms with E-state index in [2.05, 4.69) is 15.3 Å². The number of nitrogens with zero attached hydrogens (tertiary/aromatic N) is 2. The van der Waals surface area contributed by atoms with Crippen LogP contribution in [0.5, 0.6) is 0 Å². The first kappa shape index (κ1) is 8.25. The second kappa shape index (κ2) is 3.04. The number of carboxylic acid groups (broad SMARTS) is 1. The molecule has 0 bridgehead atoms. The molecule has 1 heterocycles. The summed E-state index contributed by atoms with van der Waals surface area (Å²) in [6.07, 6.45) is 1.16. The van der Waals surface area contributed by atoms with Crippen LogP contribution in [-0.4, -0.2) is 28.1 Å². The van der Waals surface area contributed by atoms with Gasteiger partial charge in [-0.2, -0.15) is 4.98 Å². The van der Waals surface area contributed by atoms with Gasteiger partial charge in [0.1, 0.15) is 11.4 Å². The van der Waals surface area contributed by atoms with Gasteiger partial charge in [0, 0.05) is 13.2 Å². The summed E-state index contributed by atoms with van der Waals surface area (Å²) in [5, 5.41) is 11.2. The lowest BCUT2D eigenvalue weighted by Gasteiger charge is -2.01. The van der Waals surface area contributed by atoms with Crippen molar-refractivity contribution in [3.63, 3.8) is 0 Å². The van der Waals surface area contributed by atoms with Crippen LogP contribution in [0.4, 0.5) is 11.8 Å². The van der Waals surface area contributed by atoms with Gasteiger partial charge in [-0.25, -0.2) is 9.78 Å². The van der Waals surface area contributed by atoms with Crippen molar-refractivity contribution in [1.29, 1.82) is 0 Å². The molecule has 0 aliphatic carbocycles.